The summed E-state index contributed by atoms with van der Waals surface area (Å²) in [5, 5.41) is 11.4. The van der Waals surface area contributed by atoms with Crippen molar-refractivity contribution in [1.82, 2.24) is 5.32 Å². The molecule has 6 nitrogen and oxygen atoms in total. The van der Waals surface area contributed by atoms with Crippen LogP contribution in [0.15, 0.2) is 40.7 Å². The molecule has 2 atom stereocenters. The van der Waals surface area contributed by atoms with E-state index >= 15 is 0 Å². The first kappa shape index (κ1) is 9.02. The third-order valence-corrected chi connectivity index (χ3v) is 2.64. The van der Waals surface area contributed by atoms with Crippen LogP contribution in [0.1, 0.15) is 0 Å². The Morgan fingerprint density at radius 1 is 1.12 bits per heavy atom. The minimum Gasteiger partial charge on any atom is -0.292 e. The highest BCUT2D eigenvalue weighted by atomic mass is 16.2. The molecular formula is C10H8N4O2. The van der Waals surface area contributed by atoms with E-state index in [4.69, 9.17) is 0 Å². The minimum atomic E-state index is -0.701. The second kappa shape index (κ2) is 3.13. The van der Waals surface area contributed by atoms with Crippen molar-refractivity contribution in [1.29, 1.82) is 0 Å². The number of para-hydroxylation sites is 1. The minimum absolute atomic E-state index is 0.344. The summed E-state index contributed by atoms with van der Waals surface area (Å²) in [7, 11) is 0. The van der Waals surface area contributed by atoms with Gasteiger partial charge in [-0.1, -0.05) is 23.4 Å². The van der Waals surface area contributed by atoms with Crippen LogP contribution in [0.25, 0.3) is 0 Å². The SMILES string of the molecule is O=C1NC(=O)[C@H]2[C@@H]1N=NN2c1ccccc1. The third-order valence-electron chi connectivity index (χ3n) is 2.64. The number of hydrogen-bond acceptors (Lipinski definition) is 5. The van der Waals surface area contributed by atoms with Crippen molar-refractivity contribution in [2.75, 3.05) is 5.01 Å². The van der Waals surface area contributed by atoms with Crippen LogP contribution in [0.4, 0.5) is 5.69 Å². The van der Waals surface area contributed by atoms with Gasteiger partial charge in [-0.05, 0) is 12.1 Å². The molecule has 0 radical (unpaired) electrons. The van der Waals surface area contributed by atoms with Crippen LogP contribution in [-0.2, 0) is 9.59 Å². The average molecular weight is 216 g/mol. The first-order valence-electron chi connectivity index (χ1n) is 4.87. The lowest BCUT2D eigenvalue weighted by Gasteiger charge is -2.17. The van der Waals surface area contributed by atoms with Gasteiger partial charge in [0.25, 0.3) is 11.8 Å². The maximum absolute atomic E-state index is 11.6. The van der Waals surface area contributed by atoms with E-state index in [1.165, 1.54) is 5.01 Å². The van der Waals surface area contributed by atoms with Crippen LogP contribution in [-0.4, -0.2) is 23.9 Å². The lowest BCUT2D eigenvalue weighted by atomic mass is 10.1. The highest BCUT2D eigenvalue weighted by molar-refractivity contribution is 6.11. The van der Waals surface area contributed by atoms with E-state index in [2.05, 4.69) is 15.7 Å². The molecule has 1 aromatic rings. The molecule has 0 aromatic heterocycles. The van der Waals surface area contributed by atoms with Crippen LogP contribution in [0, 0.1) is 0 Å². The molecule has 1 fully saturated rings. The first-order valence-corrected chi connectivity index (χ1v) is 4.87. The third kappa shape index (κ3) is 1.13. The van der Waals surface area contributed by atoms with Crippen molar-refractivity contribution in [3.63, 3.8) is 0 Å². The average Bonchev–Trinajstić information content (AvgIpc) is 2.84. The Labute approximate surface area is 90.9 Å². The quantitative estimate of drug-likeness (QED) is 0.684. The van der Waals surface area contributed by atoms with Crippen LogP contribution in [0.3, 0.4) is 0 Å². The van der Waals surface area contributed by atoms with E-state index in [0.717, 1.165) is 5.69 Å². The number of imide groups is 1. The Kier molecular flexibility index (Phi) is 1.76. The molecular weight excluding hydrogens is 208 g/mol. The number of nitrogens with one attached hydrogen (secondary N) is 1. The molecule has 0 unspecified atom stereocenters. The fourth-order valence-electron chi connectivity index (χ4n) is 1.88. The molecule has 0 bridgehead atoms. The fourth-order valence-corrected chi connectivity index (χ4v) is 1.88. The van der Waals surface area contributed by atoms with Crippen LogP contribution in [0.2, 0.25) is 0 Å². The number of benzene rings is 1. The van der Waals surface area contributed by atoms with Crippen molar-refractivity contribution in [3.8, 4) is 0 Å². The molecule has 3 rings (SSSR count). The highest BCUT2D eigenvalue weighted by Crippen LogP contribution is 2.28. The van der Waals surface area contributed by atoms with E-state index in [-0.39, 0.29) is 11.8 Å². The summed E-state index contributed by atoms with van der Waals surface area (Å²) in [6, 6.07) is 7.85. The van der Waals surface area contributed by atoms with E-state index in [1.54, 1.807) is 0 Å². The summed E-state index contributed by atoms with van der Waals surface area (Å²) < 4.78 is 0. The summed E-state index contributed by atoms with van der Waals surface area (Å²) in [6.07, 6.45) is 0. The van der Waals surface area contributed by atoms with Crippen molar-refractivity contribution in [2.24, 2.45) is 10.3 Å². The highest BCUT2D eigenvalue weighted by Gasteiger charge is 2.49. The molecule has 2 aliphatic rings. The number of rotatable bonds is 1. The second-order valence-corrected chi connectivity index (χ2v) is 3.63. The largest absolute Gasteiger partial charge is 0.292 e. The molecule has 0 spiro atoms. The van der Waals surface area contributed by atoms with Crippen LogP contribution in [0.5, 0.6) is 0 Å². The topological polar surface area (TPSA) is 74.1 Å². The maximum Gasteiger partial charge on any atom is 0.256 e. The van der Waals surface area contributed by atoms with Gasteiger partial charge < -0.3 is 0 Å². The van der Waals surface area contributed by atoms with E-state index in [9.17, 15) is 9.59 Å². The molecule has 1 saturated heterocycles. The molecule has 0 saturated carbocycles. The van der Waals surface area contributed by atoms with Crippen molar-refractivity contribution in [3.05, 3.63) is 30.3 Å². The van der Waals surface area contributed by atoms with Gasteiger partial charge >= 0.3 is 0 Å². The Balaban J connectivity index is 1.98. The summed E-state index contributed by atoms with van der Waals surface area (Å²) in [6.45, 7) is 0. The van der Waals surface area contributed by atoms with E-state index in [1.807, 2.05) is 30.3 Å². The van der Waals surface area contributed by atoms with E-state index in [0.29, 0.717) is 0 Å². The zero-order valence-electron chi connectivity index (χ0n) is 8.20. The Hall–Kier alpha value is -2.24. The first-order chi connectivity index (χ1) is 7.77. The second-order valence-electron chi connectivity index (χ2n) is 3.63. The lowest BCUT2D eigenvalue weighted by Crippen LogP contribution is -2.38. The summed E-state index contributed by atoms with van der Waals surface area (Å²) in [4.78, 5) is 22.9. The van der Waals surface area contributed by atoms with Crippen molar-refractivity contribution >= 4 is 17.5 Å². The molecule has 2 aliphatic heterocycles. The summed E-state index contributed by atoms with van der Waals surface area (Å²) >= 11 is 0. The van der Waals surface area contributed by atoms with Crippen LogP contribution < -0.4 is 10.3 Å². The van der Waals surface area contributed by atoms with Gasteiger partial charge in [-0.15, -0.1) is 0 Å². The summed E-state index contributed by atoms with van der Waals surface area (Å²) in [5.41, 5.74) is 0.753. The van der Waals surface area contributed by atoms with Crippen molar-refractivity contribution in [2.45, 2.75) is 12.1 Å². The zero-order valence-corrected chi connectivity index (χ0v) is 8.20. The van der Waals surface area contributed by atoms with Crippen molar-refractivity contribution < 1.29 is 9.59 Å². The van der Waals surface area contributed by atoms with Crippen LogP contribution >= 0.6 is 0 Å². The zero-order chi connectivity index (χ0) is 11.1. The number of fused-ring (bicyclic) bond motifs is 1. The molecule has 16 heavy (non-hydrogen) atoms. The normalized spacial score (nSPS) is 27.1. The monoisotopic (exact) mass is 216 g/mol. The predicted octanol–water partition coefficient (Wildman–Crippen LogP) is 0.267. The number of nitrogens with zero attached hydrogens (tertiary/aromatic N) is 3. The van der Waals surface area contributed by atoms with Gasteiger partial charge in [0.2, 0.25) is 0 Å². The molecule has 1 N–H and O–H groups in total. The Morgan fingerprint density at radius 2 is 1.88 bits per heavy atom. The number of hydrogen-bond donors (Lipinski definition) is 1. The number of carbonyl (C=O) groups excluding carboxylic acids is 2. The Morgan fingerprint density at radius 3 is 2.62 bits per heavy atom. The standard InChI is InChI=1S/C10H8N4O2/c15-9-7-8(10(16)11-9)14(13-12-7)6-4-2-1-3-5-6/h1-5,7-8H,(H,11,15,16)/t7-,8+/m0/s1. The summed E-state index contributed by atoms with van der Waals surface area (Å²) in [5.74, 6) is -0.721. The number of anilines is 1. The molecule has 1 aromatic carbocycles. The smallest absolute Gasteiger partial charge is 0.256 e. The van der Waals surface area contributed by atoms with E-state index < -0.39 is 12.1 Å². The molecule has 80 valence electrons. The van der Waals surface area contributed by atoms with Gasteiger partial charge in [-0.25, -0.2) is 5.01 Å². The predicted molar refractivity (Wildman–Crippen MR) is 54.5 cm³/mol. The van der Waals surface area contributed by atoms with Gasteiger partial charge in [0, 0.05) is 0 Å². The van der Waals surface area contributed by atoms with Gasteiger partial charge in [0.1, 0.15) is 0 Å². The molecule has 2 heterocycles. The Bertz CT molecular complexity index is 485. The molecule has 2 amide bonds. The van der Waals surface area contributed by atoms with Gasteiger partial charge in [-0.2, -0.15) is 5.11 Å². The number of carbonyl (C=O) groups is 2. The molecule has 6 heteroatoms. The van der Waals surface area contributed by atoms with Gasteiger partial charge in [0.05, 0.1) is 5.69 Å². The molecule has 0 aliphatic carbocycles. The lowest BCUT2D eigenvalue weighted by molar-refractivity contribution is -0.125. The maximum atomic E-state index is 11.6. The fraction of sp³-hybridized carbons (Fsp3) is 0.200. The van der Waals surface area contributed by atoms with Gasteiger partial charge in [-0.3, -0.25) is 14.9 Å². The van der Waals surface area contributed by atoms with Gasteiger partial charge in [0.15, 0.2) is 12.1 Å². The number of amides is 2.